The molecule has 3 aliphatic heterocycles. The topological polar surface area (TPSA) is 32.7 Å². The number of allylic oxidation sites excluding steroid dienone is 4. The van der Waals surface area contributed by atoms with Crippen molar-refractivity contribution in [2.75, 3.05) is 13.1 Å². The second-order valence-corrected chi connectivity index (χ2v) is 5.78. The molecule has 1 fully saturated rings. The van der Waals surface area contributed by atoms with E-state index in [4.69, 9.17) is 4.99 Å². The predicted molar refractivity (Wildman–Crippen MR) is 70.2 cm³/mol. The summed E-state index contributed by atoms with van der Waals surface area (Å²) in [5.74, 6) is 0.873. The molecule has 0 aromatic heterocycles. The van der Waals surface area contributed by atoms with Crippen LogP contribution in [-0.2, 0) is 4.79 Å². The van der Waals surface area contributed by atoms with Crippen molar-refractivity contribution in [3.8, 4) is 0 Å². The lowest BCUT2D eigenvalue weighted by Gasteiger charge is -2.38. The Kier molecular flexibility index (Phi) is 2.23. The van der Waals surface area contributed by atoms with Crippen LogP contribution in [0.1, 0.15) is 32.1 Å². The molecule has 94 valence electrons. The van der Waals surface area contributed by atoms with Gasteiger partial charge in [-0.2, -0.15) is 0 Å². The average Bonchev–Trinajstić information content (AvgIpc) is 2.79. The van der Waals surface area contributed by atoms with E-state index in [-0.39, 0.29) is 5.92 Å². The summed E-state index contributed by atoms with van der Waals surface area (Å²) in [6.07, 6.45) is 10.1. The lowest BCUT2D eigenvalue weighted by Crippen LogP contribution is -2.43. The molecule has 0 radical (unpaired) electrons. The summed E-state index contributed by atoms with van der Waals surface area (Å²) in [6, 6.07) is 0. The maximum absolute atomic E-state index is 12.4. The minimum atomic E-state index is 0.0919. The second-order valence-electron chi connectivity index (χ2n) is 5.78. The zero-order valence-electron chi connectivity index (χ0n) is 10.6. The number of rotatable bonds is 0. The zero-order valence-corrected chi connectivity index (χ0v) is 10.6. The van der Waals surface area contributed by atoms with Gasteiger partial charge in [0.2, 0.25) is 0 Å². The zero-order chi connectivity index (χ0) is 12.1. The standard InChI is InChI=1S/C15H18N2O/c18-13-9-17-8-4-3-7-12(17)15-14(13)10-5-1-2-6-11(10)16-15/h2,6,10,14H,1,3-5,7-9H2. The number of fused-ring (bicyclic) bond motifs is 4. The van der Waals surface area contributed by atoms with E-state index in [1.165, 1.54) is 18.5 Å². The second kappa shape index (κ2) is 3.81. The monoisotopic (exact) mass is 242 g/mol. The van der Waals surface area contributed by atoms with Crippen molar-refractivity contribution in [2.45, 2.75) is 32.1 Å². The van der Waals surface area contributed by atoms with Crippen LogP contribution in [0.5, 0.6) is 0 Å². The van der Waals surface area contributed by atoms with Gasteiger partial charge in [0.15, 0.2) is 5.78 Å². The largest absolute Gasteiger partial charge is 0.366 e. The molecular weight excluding hydrogens is 224 g/mol. The van der Waals surface area contributed by atoms with Crippen LogP contribution in [0.2, 0.25) is 0 Å². The highest BCUT2D eigenvalue weighted by Gasteiger charge is 2.45. The molecule has 3 heteroatoms. The fraction of sp³-hybridized carbons (Fsp3) is 0.600. The predicted octanol–water partition coefficient (Wildman–Crippen LogP) is 2.30. The molecule has 4 aliphatic rings. The smallest absolute Gasteiger partial charge is 0.161 e. The number of aliphatic imine (C=N–C) groups is 1. The van der Waals surface area contributed by atoms with Crippen LogP contribution in [0.15, 0.2) is 28.5 Å². The Morgan fingerprint density at radius 3 is 3.22 bits per heavy atom. The van der Waals surface area contributed by atoms with Gasteiger partial charge >= 0.3 is 0 Å². The molecule has 1 aliphatic carbocycles. The van der Waals surface area contributed by atoms with E-state index >= 15 is 0 Å². The summed E-state index contributed by atoms with van der Waals surface area (Å²) in [7, 11) is 0. The molecule has 2 unspecified atom stereocenters. The number of ketones is 1. The highest BCUT2D eigenvalue weighted by molar-refractivity contribution is 6.06. The Labute approximate surface area is 107 Å². The van der Waals surface area contributed by atoms with Crippen LogP contribution in [0.3, 0.4) is 0 Å². The first-order valence-electron chi connectivity index (χ1n) is 7.10. The summed E-state index contributed by atoms with van der Waals surface area (Å²) < 4.78 is 0. The lowest BCUT2D eigenvalue weighted by molar-refractivity contribution is -0.124. The van der Waals surface area contributed by atoms with Crippen molar-refractivity contribution in [2.24, 2.45) is 16.8 Å². The third-order valence-corrected chi connectivity index (χ3v) is 4.72. The first kappa shape index (κ1) is 10.5. The maximum Gasteiger partial charge on any atom is 0.161 e. The molecule has 0 N–H and O–H groups in total. The third-order valence-electron chi connectivity index (χ3n) is 4.72. The van der Waals surface area contributed by atoms with Gasteiger partial charge in [0.25, 0.3) is 0 Å². The van der Waals surface area contributed by atoms with Crippen LogP contribution < -0.4 is 0 Å². The van der Waals surface area contributed by atoms with Crippen molar-refractivity contribution in [3.63, 3.8) is 0 Å². The Hall–Kier alpha value is -1.38. The SMILES string of the molecule is O=C1CN2CCCCC2=C2N=C3C=CCCC3C12. The van der Waals surface area contributed by atoms with Crippen molar-refractivity contribution in [1.82, 2.24) is 4.90 Å². The summed E-state index contributed by atoms with van der Waals surface area (Å²) in [5, 5.41) is 0. The van der Waals surface area contributed by atoms with Gasteiger partial charge in [-0.15, -0.1) is 0 Å². The molecule has 0 aromatic rings. The van der Waals surface area contributed by atoms with E-state index in [1.54, 1.807) is 0 Å². The van der Waals surface area contributed by atoms with Gasteiger partial charge in [0.1, 0.15) is 0 Å². The van der Waals surface area contributed by atoms with E-state index in [1.807, 2.05) is 0 Å². The Morgan fingerprint density at radius 1 is 1.33 bits per heavy atom. The quantitative estimate of drug-likeness (QED) is 0.653. The molecule has 0 aromatic carbocycles. The molecule has 1 saturated heterocycles. The van der Waals surface area contributed by atoms with E-state index in [0.717, 1.165) is 37.2 Å². The highest BCUT2D eigenvalue weighted by Crippen LogP contribution is 2.43. The molecule has 0 amide bonds. The highest BCUT2D eigenvalue weighted by atomic mass is 16.1. The van der Waals surface area contributed by atoms with E-state index < -0.39 is 0 Å². The summed E-state index contributed by atoms with van der Waals surface area (Å²) in [5.41, 5.74) is 3.66. The number of carbonyl (C=O) groups excluding carboxylic acids is 1. The van der Waals surface area contributed by atoms with Gasteiger partial charge in [-0.25, -0.2) is 0 Å². The molecule has 0 spiro atoms. The number of Topliss-reactive ketones (excluding diaryl/α,β-unsaturated/α-hetero) is 1. The summed E-state index contributed by atoms with van der Waals surface area (Å²) in [4.78, 5) is 19.5. The summed E-state index contributed by atoms with van der Waals surface area (Å²) in [6.45, 7) is 1.68. The van der Waals surface area contributed by atoms with Crippen LogP contribution in [0, 0.1) is 11.8 Å². The molecule has 0 saturated carbocycles. The van der Waals surface area contributed by atoms with Crippen LogP contribution in [-0.4, -0.2) is 29.5 Å². The molecule has 18 heavy (non-hydrogen) atoms. The van der Waals surface area contributed by atoms with Gasteiger partial charge in [-0.05, 0) is 38.2 Å². The lowest BCUT2D eigenvalue weighted by atomic mass is 9.78. The molecule has 3 nitrogen and oxygen atoms in total. The number of piperidine rings is 1. The minimum Gasteiger partial charge on any atom is -0.366 e. The summed E-state index contributed by atoms with van der Waals surface area (Å²) >= 11 is 0. The Balaban J connectivity index is 1.82. The van der Waals surface area contributed by atoms with Gasteiger partial charge < -0.3 is 4.90 Å². The van der Waals surface area contributed by atoms with Crippen molar-refractivity contribution < 1.29 is 4.79 Å². The Morgan fingerprint density at radius 2 is 2.28 bits per heavy atom. The number of hydrogen-bond acceptors (Lipinski definition) is 3. The van der Waals surface area contributed by atoms with Crippen molar-refractivity contribution in [3.05, 3.63) is 23.5 Å². The first-order chi connectivity index (χ1) is 8.84. The first-order valence-corrected chi connectivity index (χ1v) is 7.10. The fourth-order valence-electron chi connectivity index (χ4n) is 3.87. The van der Waals surface area contributed by atoms with Crippen molar-refractivity contribution >= 4 is 11.5 Å². The minimum absolute atomic E-state index is 0.0919. The molecule has 4 rings (SSSR count). The average molecular weight is 242 g/mol. The Bertz CT molecular complexity index is 501. The number of carbonyl (C=O) groups is 1. The van der Waals surface area contributed by atoms with E-state index in [0.29, 0.717) is 18.2 Å². The number of hydrogen-bond donors (Lipinski definition) is 0. The maximum atomic E-state index is 12.4. The van der Waals surface area contributed by atoms with Crippen molar-refractivity contribution in [1.29, 1.82) is 0 Å². The third kappa shape index (κ3) is 1.36. The van der Waals surface area contributed by atoms with Gasteiger partial charge in [-0.1, -0.05) is 6.08 Å². The van der Waals surface area contributed by atoms with Crippen LogP contribution in [0.25, 0.3) is 0 Å². The van der Waals surface area contributed by atoms with Gasteiger partial charge in [0, 0.05) is 23.9 Å². The van der Waals surface area contributed by atoms with Gasteiger partial charge in [0.05, 0.1) is 18.2 Å². The van der Waals surface area contributed by atoms with Crippen LogP contribution in [0.4, 0.5) is 0 Å². The molecule has 2 atom stereocenters. The molecule has 3 heterocycles. The van der Waals surface area contributed by atoms with Crippen LogP contribution >= 0.6 is 0 Å². The van der Waals surface area contributed by atoms with Gasteiger partial charge in [-0.3, -0.25) is 9.79 Å². The molecule has 0 bridgehead atoms. The normalized spacial score (nSPS) is 34.1. The number of nitrogens with zero attached hydrogens (tertiary/aromatic N) is 2. The van der Waals surface area contributed by atoms with E-state index in [2.05, 4.69) is 17.1 Å². The molecular formula is C15H18N2O. The van der Waals surface area contributed by atoms with E-state index in [9.17, 15) is 4.79 Å². The fourth-order valence-corrected chi connectivity index (χ4v) is 3.87.